The zero-order valence-electron chi connectivity index (χ0n) is 10.2. The van der Waals surface area contributed by atoms with E-state index in [1.165, 1.54) is 16.0 Å². The van der Waals surface area contributed by atoms with Crippen LogP contribution in [-0.4, -0.2) is 30.8 Å². The molecule has 19 heavy (non-hydrogen) atoms. The second-order valence-electron chi connectivity index (χ2n) is 3.87. The Balaban J connectivity index is 2.33. The van der Waals surface area contributed by atoms with Gasteiger partial charge in [0, 0.05) is 4.88 Å². The van der Waals surface area contributed by atoms with E-state index in [-0.39, 0.29) is 6.54 Å². The van der Waals surface area contributed by atoms with Crippen molar-refractivity contribution >= 4 is 23.0 Å². The van der Waals surface area contributed by atoms with E-state index >= 15 is 0 Å². The van der Waals surface area contributed by atoms with Crippen molar-refractivity contribution in [3.8, 4) is 0 Å². The second kappa shape index (κ2) is 4.76. The van der Waals surface area contributed by atoms with Gasteiger partial charge >= 0.3 is 11.7 Å². The molecule has 8 nitrogen and oxygen atoms in total. The van der Waals surface area contributed by atoms with Crippen LogP contribution >= 0.6 is 11.3 Å². The van der Waals surface area contributed by atoms with Crippen LogP contribution in [0.5, 0.6) is 0 Å². The van der Waals surface area contributed by atoms with Crippen LogP contribution in [0.15, 0.2) is 6.20 Å². The first-order valence-corrected chi connectivity index (χ1v) is 6.08. The van der Waals surface area contributed by atoms with Gasteiger partial charge in [-0.2, -0.15) is 5.10 Å². The minimum absolute atomic E-state index is 0.216. The lowest BCUT2D eigenvalue weighted by atomic mass is 10.4. The highest BCUT2D eigenvalue weighted by Crippen LogP contribution is 2.20. The highest BCUT2D eigenvalue weighted by atomic mass is 32.1. The molecular formula is C10H10N4O4S. The predicted molar refractivity (Wildman–Crippen MR) is 66.5 cm³/mol. The van der Waals surface area contributed by atoms with E-state index in [1.807, 2.05) is 13.8 Å². The molecule has 2 aromatic rings. The lowest BCUT2D eigenvalue weighted by Gasteiger charge is -1.94. The van der Waals surface area contributed by atoms with Gasteiger partial charge in [0.25, 0.3) is 0 Å². The molecular weight excluding hydrogens is 272 g/mol. The van der Waals surface area contributed by atoms with Gasteiger partial charge in [-0.05, 0) is 13.8 Å². The summed E-state index contributed by atoms with van der Waals surface area (Å²) in [5.41, 5.74) is -0.187. The molecule has 2 heterocycles. The number of aromatic carboxylic acids is 1. The molecule has 0 saturated heterocycles. The van der Waals surface area contributed by atoms with Crippen molar-refractivity contribution < 1.29 is 14.8 Å². The van der Waals surface area contributed by atoms with Crippen molar-refractivity contribution in [1.82, 2.24) is 14.8 Å². The van der Waals surface area contributed by atoms with Gasteiger partial charge < -0.3 is 5.11 Å². The molecule has 2 rings (SSSR count). The van der Waals surface area contributed by atoms with Crippen LogP contribution in [0.4, 0.5) is 5.69 Å². The Hall–Kier alpha value is -2.29. The molecule has 0 atom stereocenters. The number of carboxylic acid groups (broad SMARTS) is 1. The number of carboxylic acids is 1. The molecule has 2 aromatic heterocycles. The first-order chi connectivity index (χ1) is 8.88. The zero-order chi connectivity index (χ0) is 14.2. The molecule has 0 amide bonds. The van der Waals surface area contributed by atoms with Crippen molar-refractivity contribution in [3.63, 3.8) is 0 Å². The third-order valence-corrected chi connectivity index (χ3v) is 3.57. The van der Waals surface area contributed by atoms with Crippen molar-refractivity contribution in [3.05, 3.63) is 37.6 Å². The molecule has 0 spiro atoms. The molecule has 0 aliphatic rings. The largest absolute Gasteiger partial charge is 0.476 e. The molecule has 0 saturated carbocycles. The maximum absolute atomic E-state index is 10.9. The number of aromatic nitrogens is 3. The van der Waals surface area contributed by atoms with E-state index in [0.29, 0.717) is 0 Å². The van der Waals surface area contributed by atoms with Crippen LogP contribution in [0.1, 0.15) is 26.1 Å². The molecule has 0 bridgehead atoms. The summed E-state index contributed by atoms with van der Waals surface area (Å²) in [6.45, 7) is 4.00. The third-order valence-electron chi connectivity index (χ3n) is 2.51. The van der Waals surface area contributed by atoms with E-state index in [4.69, 9.17) is 5.11 Å². The number of aryl methyl sites for hydroxylation is 2. The highest BCUT2D eigenvalue weighted by molar-refractivity contribution is 7.11. The van der Waals surface area contributed by atoms with E-state index < -0.39 is 22.3 Å². The fraction of sp³-hybridized carbons (Fsp3) is 0.300. The standard InChI is InChI=1S/C10H10N4O4S/c1-5-6(2)19-8(11-5)4-13-3-7(14(17)18)9(12-13)10(15)16/h3H,4H2,1-2H3,(H,15,16). The zero-order valence-corrected chi connectivity index (χ0v) is 11.0. The molecule has 9 heteroatoms. The van der Waals surface area contributed by atoms with Gasteiger partial charge in [0.05, 0.1) is 17.2 Å². The minimum Gasteiger partial charge on any atom is -0.476 e. The summed E-state index contributed by atoms with van der Waals surface area (Å²) in [6.07, 6.45) is 1.11. The number of rotatable bonds is 4. The van der Waals surface area contributed by atoms with E-state index in [9.17, 15) is 14.9 Å². The quantitative estimate of drug-likeness (QED) is 0.673. The van der Waals surface area contributed by atoms with E-state index in [1.54, 1.807) is 0 Å². The molecule has 0 fully saturated rings. The summed E-state index contributed by atoms with van der Waals surface area (Å²) in [4.78, 5) is 26.1. The van der Waals surface area contributed by atoms with Crippen molar-refractivity contribution in [2.75, 3.05) is 0 Å². The summed E-state index contributed by atoms with van der Waals surface area (Å²) in [6, 6.07) is 0. The Kier molecular flexibility index (Phi) is 3.30. The fourth-order valence-electron chi connectivity index (χ4n) is 1.52. The molecule has 0 radical (unpaired) electrons. The highest BCUT2D eigenvalue weighted by Gasteiger charge is 2.25. The minimum atomic E-state index is -1.42. The summed E-state index contributed by atoms with van der Waals surface area (Å²) >= 11 is 1.45. The average molecular weight is 282 g/mol. The second-order valence-corrected chi connectivity index (χ2v) is 5.16. The Bertz CT molecular complexity index is 610. The number of nitrogens with zero attached hydrogens (tertiary/aromatic N) is 4. The summed E-state index contributed by atoms with van der Waals surface area (Å²) in [5.74, 6) is -1.42. The van der Waals surface area contributed by atoms with Crippen LogP contribution in [0.2, 0.25) is 0 Å². The maximum atomic E-state index is 10.9. The van der Waals surface area contributed by atoms with Crippen LogP contribution in [-0.2, 0) is 6.54 Å². The van der Waals surface area contributed by atoms with Crippen LogP contribution in [0, 0.1) is 24.0 Å². The van der Waals surface area contributed by atoms with E-state index in [0.717, 1.165) is 21.8 Å². The fourth-order valence-corrected chi connectivity index (χ4v) is 2.45. The van der Waals surface area contributed by atoms with Crippen LogP contribution < -0.4 is 0 Å². The molecule has 1 N–H and O–H groups in total. The van der Waals surface area contributed by atoms with Gasteiger partial charge in [-0.1, -0.05) is 0 Å². The molecule has 0 aliphatic carbocycles. The summed E-state index contributed by atoms with van der Waals surface area (Å²) in [7, 11) is 0. The van der Waals surface area contributed by atoms with E-state index in [2.05, 4.69) is 10.1 Å². The average Bonchev–Trinajstić information content (AvgIpc) is 2.84. The first-order valence-electron chi connectivity index (χ1n) is 5.26. The topological polar surface area (TPSA) is 111 Å². The van der Waals surface area contributed by atoms with Crippen molar-refractivity contribution in [2.45, 2.75) is 20.4 Å². The summed E-state index contributed by atoms with van der Waals surface area (Å²) in [5, 5.41) is 24.0. The number of carbonyl (C=O) groups is 1. The lowest BCUT2D eigenvalue weighted by molar-refractivity contribution is -0.385. The molecule has 100 valence electrons. The van der Waals surface area contributed by atoms with Gasteiger partial charge in [-0.25, -0.2) is 9.78 Å². The number of thiazole rings is 1. The Labute approximate surface area is 111 Å². The third kappa shape index (κ3) is 2.60. The first kappa shape index (κ1) is 13.1. The number of hydrogen-bond acceptors (Lipinski definition) is 6. The molecule has 0 aromatic carbocycles. The van der Waals surface area contributed by atoms with Gasteiger partial charge in [-0.15, -0.1) is 11.3 Å². The normalized spacial score (nSPS) is 10.6. The van der Waals surface area contributed by atoms with Gasteiger partial charge in [0.15, 0.2) is 0 Å². The molecule has 0 unspecified atom stereocenters. The van der Waals surface area contributed by atoms with Gasteiger partial charge in [0.1, 0.15) is 11.2 Å². The number of hydrogen-bond donors (Lipinski definition) is 1. The van der Waals surface area contributed by atoms with Crippen molar-refractivity contribution in [1.29, 1.82) is 0 Å². The monoisotopic (exact) mass is 282 g/mol. The van der Waals surface area contributed by atoms with Crippen LogP contribution in [0.3, 0.4) is 0 Å². The summed E-state index contributed by atoms with van der Waals surface area (Å²) < 4.78 is 1.22. The van der Waals surface area contributed by atoms with Gasteiger partial charge in [0.2, 0.25) is 5.69 Å². The number of nitro groups is 1. The maximum Gasteiger partial charge on any atom is 0.363 e. The van der Waals surface area contributed by atoms with Gasteiger partial charge in [-0.3, -0.25) is 14.8 Å². The lowest BCUT2D eigenvalue weighted by Crippen LogP contribution is -2.04. The Morgan fingerprint density at radius 2 is 2.26 bits per heavy atom. The smallest absolute Gasteiger partial charge is 0.363 e. The Morgan fingerprint density at radius 3 is 2.68 bits per heavy atom. The SMILES string of the molecule is Cc1nc(Cn2cc([N+](=O)[O-])c(C(=O)O)n2)sc1C. The predicted octanol–water partition coefficient (Wildman–Crippen LogP) is 1.61. The van der Waals surface area contributed by atoms with Crippen LogP contribution in [0.25, 0.3) is 0 Å². The van der Waals surface area contributed by atoms with Crippen molar-refractivity contribution in [2.24, 2.45) is 0 Å². The molecule has 0 aliphatic heterocycles. The Morgan fingerprint density at radius 1 is 1.58 bits per heavy atom.